The Labute approximate surface area is 139 Å². The molecule has 0 radical (unpaired) electrons. The lowest BCUT2D eigenvalue weighted by atomic mass is 9.88. The number of aryl methyl sites for hydroxylation is 2. The second kappa shape index (κ2) is 5.47. The zero-order valence-electron chi connectivity index (χ0n) is 14.6. The predicted molar refractivity (Wildman–Crippen MR) is 93.4 cm³/mol. The smallest absolute Gasteiger partial charge is 0.128 e. The van der Waals surface area contributed by atoms with Gasteiger partial charge in [0.05, 0.1) is 0 Å². The summed E-state index contributed by atoms with van der Waals surface area (Å²) >= 11 is 0. The molecule has 3 fully saturated rings. The van der Waals surface area contributed by atoms with E-state index < -0.39 is 0 Å². The molecule has 1 N–H and O–H groups in total. The monoisotopic (exact) mass is 316 g/mol. The van der Waals surface area contributed by atoms with E-state index in [-0.39, 0.29) is 5.82 Å². The zero-order chi connectivity index (χ0) is 16.1. The number of fused-ring (bicyclic) bond motifs is 1. The van der Waals surface area contributed by atoms with Crippen molar-refractivity contribution in [1.82, 2.24) is 4.90 Å². The fourth-order valence-electron chi connectivity index (χ4n) is 5.02. The van der Waals surface area contributed by atoms with Gasteiger partial charge in [0.2, 0.25) is 0 Å². The Morgan fingerprint density at radius 3 is 2.83 bits per heavy atom. The summed E-state index contributed by atoms with van der Waals surface area (Å²) in [5, 5.41) is 3.65. The van der Waals surface area contributed by atoms with Gasteiger partial charge in [-0.05, 0) is 74.6 Å². The van der Waals surface area contributed by atoms with Crippen molar-refractivity contribution in [1.29, 1.82) is 0 Å². The van der Waals surface area contributed by atoms with E-state index >= 15 is 0 Å². The number of halogens is 1. The molecule has 23 heavy (non-hydrogen) atoms. The van der Waals surface area contributed by atoms with E-state index in [0.717, 1.165) is 30.6 Å². The van der Waals surface area contributed by atoms with Gasteiger partial charge in [-0.1, -0.05) is 19.4 Å². The second-order valence-electron chi connectivity index (χ2n) is 8.29. The number of nitrogens with zero attached hydrogens (tertiary/aromatic N) is 1. The summed E-state index contributed by atoms with van der Waals surface area (Å²) in [6.45, 7) is 7.59. The molecule has 2 heterocycles. The lowest BCUT2D eigenvalue weighted by Crippen LogP contribution is -2.44. The third kappa shape index (κ3) is 2.67. The minimum atomic E-state index is -0.0850. The van der Waals surface area contributed by atoms with Crippen LogP contribution in [0.25, 0.3) is 0 Å². The molecule has 1 spiro atoms. The number of hydrogen-bond acceptors (Lipinski definition) is 2. The zero-order valence-corrected chi connectivity index (χ0v) is 14.6. The van der Waals surface area contributed by atoms with E-state index in [9.17, 15) is 4.39 Å². The van der Waals surface area contributed by atoms with E-state index in [1.54, 1.807) is 6.07 Å². The Hall–Kier alpha value is -1.09. The van der Waals surface area contributed by atoms with Crippen LogP contribution in [-0.4, -0.2) is 30.1 Å². The van der Waals surface area contributed by atoms with E-state index in [1.165, 1.54) is 50.8 Å². The fourth-order valence-corrected chi connectivity index (χ4v) is 5.02. The van der Waals surface area contributed by atoms with Crippen LogP contribution in [0.4, 0.5) is 10.1 Å². The van der Waals surface area contributed by atoms with Crippen molar-refractivity contribution >= 4 is 5.69 Å². The molecule has 1 aromatic rings. The van der Waals surface area contributed by atoms with Crippen LogP contribution < -0.4 is 5.32 Å². The van der Waals surface area contributed by atoms with Gasteiger partial charge in [0.15, 0.2) is 0 Å². The Morgan fingerprint density at radius 1 is 1.26 bits per heavy atom. The summed E-state index contributed by atoms with van der Waals surface area (Å²) < 4.78 is 14.0. The molecule has 2 saturated heterocycles. The molecule has 1 aromatic carbocycles. The highest BCUT2D eigenvalue weighted by Crippen LogP contribution is 2.60. The topological polar surface area (TPSA) is 15.3 Å². The molecule has 0 aromatic heterocycles. The number of benzene rings is 1. The number of anilines is 1. The minimum Gasteiger partial charge on any atom is -0.383 e. The highest BCUT2D eigenvalue weighted by molar-refractivity contribution is 5.54. The molecule has 126 valence electrons. The van der Waals surface area contributed by atoms with Crippen LogP contribution in [0.1, 0.15) is 56.6 Å². The van der Waals surface area contributed by atoms with Crippen LogP contribution in [-0.2, 0) is 6.42 Å². The Balaban J connectivity index is 1.53. The van der Waals surface area contributed by atoms with Crippen LogP contribution in [0, 0.1) is 18.2 Å². The fraction of sp³-hybridized carbons (Fsp3) is 0.700. The van der Waals surface area contributed by atoms with Crippen molar-refractivity contribution in [3.63, 3.8) is 0 Å². The summed E-state index contributed by atoms with van der Waals surface area (Å²) in [5.74, 6) is -0.0850. The molecule has 4 rings (SSSR count). The molecule has 1 aliphatic carbocycles. The van der Waals surface area contributed by atoms with Crippen LogP contribution in [0.2, 0.25) is 0 Å². The summed E-state index contributed by atoms with van der Waals surface area (Å²) in [6, 6.07) is 3.75. The van der Waals surface area contributed by atoms with E-state index in [0.29, 0.717) is 11.0 Å². The van der Waals surface area contributed by atoms with Gasteiger partial charge in [-0.15, -0.1) is 0 Å². The second-order valence-corrected chi connectivity index (χ2v) is 8.29. The summed E-state index contributed by atoms with van der Waals surface area (Å²) in [6.07, 6.45) is 8.94. The molecule has 1 saturated carbocycles. The van der Waals surface area contributed by atoms with Crippen molar-refractivity contribution < 1.29 is 4.39 Å². The first-order valence-electron chi connectivity index (χ1n) is 9.34. The molecule has 0 bridgehead atoms. The lowest BCUT2D eigenvalue weighted by Gasteiger charge is -2.33. The van der Waals surface area contributed by atoms with Gasteiger partial charge in [0.1, 0.15) is 5.82 Å². The minimum absolute atomic E-state index is 0.0850. The summed E-state index contributed by atoms with van der Waals surface area (Å²) in [5.41, 5.74) is 4.03. The third-order valence-electron chi connectivity index (χ3n) is 6.44. The maximum atomic E-state index is 14.0. The van der Waals surface area contributed by atoms with Crippen molar-refractivity contribution in [2.24, 2.45) is 5.41 Å². The van der Waals surface area contributed by atoms with Gasteiger partial charge in [-0.3, -0.25) is 4.90 Å². The molecule has 2 nitrogen and oxygen atoms in total. The SMILES string of the molecule is CCCc1cc(C)c(F)cc1NCC12CCCN1CC1(CC1)C2. The Bertz CT molecular complexity index is 608. The van der Waals surface area contributed by atoms with Crippen molar-refractivity contribution in [3.8, 4) is 0 Å². The molecular formula is C20H29FN2. The number of rotatable bonds is 5. The molecule has 3 aliphatic rings. The summed E-state index contributed by atoms with van der Waals surface area (Å²) in [4.78, 5) is 2.73. The lowest BCUT2D eigenvalue weighted by molar-refractivity contribution is 0.209. The van der Waals surface area contributed by atoms with Gasteiger partial charge in [-0.25, -0.2) is 4.39 Å². The molecule has 2 aliphatic heterocycles. The average Bonchev–Trinajstić information content (AvgIpc) is 3.04. The largest absolute Gasteiger partial charge is 0.383 e. The van der Waals surface area contributed by atoms with Gasteiger partial charge in [-0.2, -0.15) is 0 Å². The standard InChI is InChI=1S/C20H29FN2/c1-3-5-16-10-15(2)17(21)11-18(16)22-13-20-6-4-9-23(20)14-19(12-20)7-8-19/h10-11,22H,3-9,12-14H2,1-2H3. The molecule has 1 atom stereocenters. The van der Waals surface area contributed by atoms with Crippen LogP contribution in [0.3, 0.4) is 0 Å². The van der Waals surface area contributed by atoms with E-state index in [1.807, 2.05) is 13.0 Å². The Kier molecular flexibility index (Phi) is 3.67. The molecule has 3 heteroatoms. The Morgan fingerprint density at radius 2 is 2.09 bits per heavy atom. The first-order valence-corrected chi connectivity index (χ1v) is 9.34. The van der Waals surface area contributed by atoms with Gasteiger partial charge < -0.3 is 5.32 Å². The predicted octanol–water partition coefficient (Wildman–Crippen LogP) is 4.52. The quantitative estimate of drug-likeness (QED) is 0.859. The first-order chi connectivity index (χ1) is 11.1. The van der Waals surface area contributed by atoms with Crippen LogP contribution >= 0.6 is 0 Å². The number of nitrogens with one attached hydrogen (secondary N) is 1. The van der Waals surface area contributed by atoms with Crippen molar-refractivity contribution in [3.05, 3.63) is 29.1 Å². The maximum Gasteiger partial charge on any atom is 0.128 e. The van der Waals surface area contributed by atoms with E-state index in [2.05, 4.69) is 17.1 Å². The number of hydrogen-bond donors (Lipinski definition) is 1. The van der Waals surface area contributed by atoms with Gasteiger partial charge in [0.25, 0.3) is 0 Å². The molecule has 0 amide bonds. The first kappa shape index (κ1) is 15.4. The third-order valence-corrected chi connectivity index (χ3v) is 6.44. The summed E-state index contributed by atoms with van der Waals surface area (Å²) in [7, 11) is 0. The normalized spacial score (nSPS) is 28.3. The molecule has 1 unspecified atom stereocenters. The van der Waals surface area contributed by atoms with Gasteiger partial charge >= 0.3 is 0 Å². The van der Waals surface area contributed by atoms with Gasteiger partial charge in [0, 0.05) is 24.3 Å². The highest BCUT2D eigenvalue weighted by atomic mass is 19.1. The van der Waals surface area contributed by atoms with Crippen molar-refractivity contribution in [2.75, 3.05) is 25.0 Å². The maximum absolute atomic E-state index is 14.0. The highest BCUT2D eigenvalue weighted by Gasteiger charge is 2.59. The van der Waals surface area contributed by atoms with E-state index in [4.69, 9.17) is 0 Å². The van der Waals surface area contributed by atoms with Crippen LogP contribution in [0.15, 0.2) is 12.1 Å². The van der Waals surface area contributed by atoms with Crippen molar-refractivity contribution in [2.45, 2.75) is 64.3 Å². The average molecular weight is 316 g/mol. The van der Waals surface area contributed by atoms with Crippen LogP contribution in [0.5, 0.6) is 0 Å². The molecular weight excluding hydrogens is 287 g/mol.